The largest absolute Gasteiger partial charge is 0.363 e. The molecule has 0 aliphatic carbocycles. The van der Waals surface area contributed by atoms with E-state index in [0.717, 1.165) is 0 Å². The summed E-state index contributed by atoms with van der Waals surface area (Å²) >= 11 is 0. The predicted molar refractivity (Wildman–Crippen MR) is 69.3 cm³/mol. The molecule has 0 fully saturated rings. The van der Waals surface area contributed by atoms with Gasteiger partial charge in [0, 0.05) is 13.0 Å². The third-order valence-corrected chi connectivity index (χ3v) is 2.53. The maximum absolute atomic E-state index is 11.8. The van der Waals surface area contributed by atoms with Gasteiger partial charge in [-0.15, -0.1) is 0 Å². The Morgan fingerprint density at radius 1 is 1.39 bits per heavy atom. The minimum absolute atomic E-state index is 0.0441. The minimum atomic E-state index is -1.34. The Morgan fingerprint density at radius 2 is 2.00 bits per heavy atom. The van der Waals surface area contributed by atoms with E-state index in [-0.39, 0.29) is 12.2 Å². The van der Waals surface area contributed by atoms with Crippen molar-refractivity contribution in [3.63, 3.8) is 0 Å². The van der Waals surface area contributed by atoms with Gasteiger partial charge in [0.1, 0.15) is 0 Å². The van der Waals surface area contributed by atoms with Crippen LogP contribution in [0.15, 0.2) is 0 Å². The zero-order chi connectivity index (χ0) is 14.2. The summed E-state index contributed by atoms with van der Waals surface area (Å²) in [6.07, 6.45) is 0.933. The smallest absolute Gasteiger partial charge is 0.169 e. The molecule has 0 saturated heterocycles. The number of ketones is 1. The molecule has 0 aromatic rings. The highest BCUT2D eigenvalue weighted by molar-refractivity contribution is 5.87. The van der Waals surface area contributed by atoms with E-state index < -0.39 is 11.4 Å². The predicted octanol–water partition coefficient (Wildman–Crippen LogP) is -1.19. The molecule has 0 aliphatic heterocycles. The maximum atomic E-state index is 11.8. The van der Waals surface area contributed by atoms with Crippen LogP contribution < -0.4 is 22.3 Å². The van der Waals surface area contributed by atoms with Crippen molar-refractivity contribution in [1.82, 2.24) is 10.6 Å². The third-order valence-electron chi connectivity index (χ3n) is 2.53. The van der Waals surface area contributed by atoms with E-state index in [1.165, 1.54) is 0 Å². The van der Waals surface area contributed by atoms with E-state index in [0.29, 0.717) is 26.1 Å². The van der Waals surface area contributed by atoms with E-state index in [1.54, 1.807) is 20.8 Å². The van der Waals surface area contributed by atoms with E-state index in [2.05, 4.69) is 15.5 Å². The first-order valence-corrected chi connectivity index (χ1v) is 6.07. The summed E-state index contributed by atoms with van der Waals surface area (Å²) in [6.45, 7) is 6.19. The molecular formula is C11H26N4O3. The molecule has 0 amide bonds. The van der Waals surface area contributed by atoms with E-state index in [1.807, 2.05) is 0 Å². The highest BCUT2D eigenvalue weighted by Gasteiger charge is 2.33. The van der Waals surface area contributed by atoms with Gasteiger partial charge in [0.05, 0.1) is 12.1 Å². The van der Waals surface area contributed by atoms with Crippen LogP contribution in [0.5, 0.6) is 0 Å². The lowest BCUT2D eigenvalue weighted by atomic mass is 9.96. The Kier molecular flexibility index (Phi) is 7.53. The molecule has 1 atom stereocenters. The zero-order valence-corrected chi connectivity index (χ0v) is 11.5. The molecule has 7 nitrogen and oxygen atoms in total. The van der Waals surface area contributed by atoms with Crippen LogP contribution in [0.2, 0.25) is 0 Å². The molecule has 0 rings (SSSR count). The molecule has 0 aromatic heterocycles. The Morgan fingerprint density at radius 3 is 2.50 bits per heavy atom. The minimum Gasteiger partial charge on any atom is -0.363 e. The number of Topliss-reactive ketones (excluding diaryl/α,β-unsaturated/α-hetero) is 1. The van der Waals surface area contributed by atoms with Crippen LogP contribution >= 0.6 is 0 Å². The summed E-state index contributed by atoms with van der Waals surface area (Å²) in [7, 11) is 0. The van der Waals surface area contributed by atoms with Gasteiger partial charge in [0.2, 0.25) is 0 Å². The SMILES string of the molecule is CC(O)(NCCCON)NC(C)(C)C(=O)CCN. The Balaban J connectivity index is 4.23. The van der Waals surface area contributed by atoms with Crippen molar-refractivity contribution >= 4 is 5.78 Å². The first-order valence-electron chi connectivity index (χ1n) is 6.07. The van der Waals surface area contributed by atoms with Crippen molar-refractivity contribution in [1.29, 1.82) is 0 Å². The van der Waals surface area contributed by atoms with Gasteiger partial charge in [0.15, 0.2) is 11.6 Å². The summed E-state index contributed by atoms with van der Waals surface area (Å²) in [5.41, 5.74) is 4.50. The van der Waals surface area contributed by atoms with Gasteiger partial charge in [-0.05, 0) is 33.7 Å². The van der Waals surface area contributed by atoms with E-state index >= 15 is 0 Å². The highest BCUT2D eigenvalue weighted by Crippen LogP contribution is 2.10. The fourth-order valence-corrected chi connectivity index (χ4v) is 1.65. The Labute approximate surface area is 108 Å². The fraction of sp³-hybridized carbons (Fsp3) is 0.909. The summed E-state index contributed by atoms with van der Waals surface area (Å²) in [5.74, 6) is 3.50. The number of nitrogens with one attached hydrogen (secondary N) is 2. The van der Waals surface area contributed by atoms with Crippen molar-refractivity contribution in [2.75, 3.05) is 19.7 Å². The van der Waals surface area contributed by atoms with Crippen LogP contribution in [-0.2, 0) is 9.63 Å². The van der Waals surface area contributed by atoms with Crippen LogP contribution in [0.4, 0.5) is 0 Å². The summed E-state index contributed by atoms with van der Waals surface area (Å²) in [5, 5.41) is 15.8. The molecule has 0 radical (unpaired) electrons. The molecule has 0 heterocycles. The zero-order valence-electron chi connectivity index (χ0n) is 11.5. The normalized spacial score (nSPS) is 15.4. The van der Waals surface area contributed by atoms with Crippen molar-refractivity contribution in [3.8, 4) is 0 Å². The van der Waals surface area contributed by atoms with E-state index in [9.17, 15) is 9.90 Å². The highest BCUT2D eigenvalue weighted by atomic mass is 16.6. The van der Waals surface area contributed by atoms with Crippen molar-refractivity contribution in [2.24, 2.45) is 11.6 Å². The molecule has 0 bridgehead atoms. The second-order valence-electron chi connectivity index (χ2n) is 4.94. The number of rotatable bonds is 10. The molecular weight excluding hydrogens is 236 g/mol. The fourth-order valence-electron chi connectivity index (χ4n) is 1.65. The van der Waals surface area contributed by atoms with Crippen molar-refractivity contribution in [2.45, 2.75) is 45.0 Å². The van der Waals surface area contributed by atoms with Crippen LogP contribution in [0.25, 0.3) is 0 Å². The van der Waals surface area contributed by atoms with Crippen LogP contribution in [0, 0.1) is 0 Å². The molecule has 7 N–H and O–H groups in total. The van der Waals surface area contributed by atoms with Crippen molar-refractivity contribution in [3.05, 3.63) is 0 Å². The average Bonchev–Trinajstić information content (AvgIpc) is 2.23. The monoisotopic (exact) mass is 262 g/mol. The summed E-state index contributed by atoms with van der Waals surface area (Å²) in [6, 6.07) is 0. The standard InChI is InChI=1S/C11H26N4O3/c1-10(2,9(16)5-6-12)15-11(3,17)14-7-4-8-18-13/h14-15,17H,4-8,12-13H2,1-3H3. The summed E-state index contributed by atoms with van der Waals surface area (Å²) < 4.78 is 0. The van der Waals surface area contributed by atoms with Gasteiger partial charge in [-0.2, -0.15) is 0 Å². The van der Waals surface area contributed by atoms with E-state index in [4.69, 9.17) is 11.6 Å². The second-order valence-corrected chi connectivity index (χ2v) is 4.94. The van der Waals surface area contributed by atoms with Gasteiger partial charge in [-0.3, -0.25) is 15.4 Å². The van der Waals surface area contributed by atoms with Gasteiger partial charge in [0.25, 0.3) is 0 Å². The molecule has 18 heavy (non-hydrogen) atoms. The summed E-state index contributed by atoms with van der Waals surface area (Å²) in [4.78, 5) is 16.2. The number of carbonyl (C=O) groups is 1. The molecule has 7 heteroatoms. The maximum Gasteiger partial charge on any atom is 0.169 e. The molecule has 0 aliphatic rings. The van der Waals surface area contributed by atoms with Gasteiger partial charge >= 0.3 is 0 Å². The first kappa shape index (κ1) is 17.4. The molecule has 0 spiro atoms. The molecule has 108 valence electrons. The van der Waals surface area contributed by atoms with Gasteiger partial charge in [-0.1, -0.05) is 0 Å². The third kappa shape index (κ3) is 7.00. The lowest BCUT2D eigenvalue weighted by molar-refractivity contribution is -0.129. The number of carbonyl (C=O) groups excluding carboxylic acids is 1. The molecule has 1 unspecified atom stereocenters. The Hall–Kier alpha value is -0.570. The van der Waals surface area contributed by atoms with Gasteiger partial charge < -0.3 is 15.7 Å². The van der Waals surface area contributed by atoms with Crippen LogP contribution in [0.1, 0.15) is 33.6 Å². The van der Waals surface area contributed by atoms with Crippen LogP contribution in [0.3, 0.4) is 0 Å². The van der Waals surface area contributed by atoms with Gasteiger partial charge in [-0.25, -0.2) is 5.90 Å². The van der Waals surface area contributed by atoms with Crippen molar-refractivity contribution < 1.29 is 14.7 Å². The number of hydrogen-bond acceptors (Lipinski definition) is 7. The van der Waals surface area contributed by atoms with Crippen LogP contribution in [-0.4, -0.2) is 42.0 Å². The average molecular weight is 262 g/mol. The Bertz CT molecular complexity index is 257. The quantitative estimate of drug-likeness (QED) is 0.190. The lowest BCUT2D eigenvalue weighted by Gasteiger charge is -2.35. The molecule has 0 aromatic carbocycles. The first-order chi connectivity index (χ1) is 8.25. The number of hydrogen-bond donors (Lipinski definition) is 5. The number of aliphatic hydroxyl groups is 1. The lowest BCUT2D eigenvalue weighted by Crippen LogP contribution is -2.64. The number of nitrogens with two attached hydrogens (primary N) is 2. The topological polar surface area (TPSA) is 123 Å². The second kappa shape index (κ2) is 7.78. The molecule has 0 saturated carbocycles.